The van der Waals surface area contributed by atoms with E-state index in [1.54, 1.807) is 24.3 Å². The topological polar surface area (TPSA) is 119 Å². The molecular weight excluding hydrogens is 278 g/mol. The predicted molar refractivity (Wildman–Crippen MR) is 74.5 cm³/mol. The molecule has 1 aromatic rings. The maximum Gasteiger partial charge on any atom is 0.347 e. The van der Waals surface area contributed by atoms with E-state index in [0.717, 1.165) is 0 Å². The van der Waals surface area contributed by atoms with Gasteiger partial charge in [0.25, 0.3) is 0 Å². The Bertz CT molecular complexity index is 497. The van der Waals surface area contributed by atoms with Crippen LogP contribution in [0.2, 0.25) is 0 Å². The highest BCUT2D eigenvalue weighted by molar-refractivity contribution is 5.76. The molecule has 21 heavy (non-hydrogen) atoms. The molecule has 7 heteroatoms. The van der Waals surface area contributed by atoms with E-state index in [1.165, 1.54) is 13.8 Å². The van der Waals surface area contributed by atoms with Gasteiger partial charge in [-0.3, -0.25) is 4.79 Å². The van der Waals surface area contributed by atoms with Gasteiger partial charge in [-0.1, -0.05) is 0 Å². The third-order valence-corrected chi connectivity index (χ3v) is 2.73. The Morgan fingerprint density at radius 1 is 1.19 bits per heavy atom. The Hall–Kier alpha value is -2.28. The lowest BCUT2D eigenvalue weighted by molar-refractivity contribution is -0.152. The zero-order valence-corrected chi connectivity index (χ0v) is 11.9. The molecule has 0 aliphatic carbocycles. The first-order chi connectivity index (χ1) is 9.72. The Morgan fingerprint density at radius 3 is 2.19 bits per heavy atom. The number of carboxylic acids is 2. The van der Waals surface area contributed by atoms with Crippen LogP contribution in [0.3, 0.4) is 0 Å². The minimum atomic E-state index is -1.32. The summed E-state index contributed by atoms with van der Waals surface area (Å²) >= 11 is 0. The van der Waals surface area contributed by atoms with Gasteiger partial charge in [-0.2, -0.15) is 0 Å². The summed E-state index contributed by atoms with van der Waals surface area (Å²) in [4.78, 5) is 21.5. The average molecular weight is 297 g/mol. The van der Waals surface area contributed by atoms with Gasteiger partial charge in [0.1, 0.15) is 17.5 Å². The van der Waals surface area contributed by atoms with Crippen LogP contribution in [0, 0.1) is 0 Å². The van der Waals surface area contributed by atoms with Crippen LogP contribution in [-0.2, 0) is 9.59 Å². The number of nitrogens with two attached hydrogens (primary N) is 1. The fourth-order valence-electron chi connectivity index (χ4n) is 1.37. The number of ether oxygens (including phenoxy) is 2. The first kappa shape index (κ1) is 16.8. The van der Waals surface area contributed by atoms with E-state index < -0.39 is 23.6 Å². The molecule has 116 valence electrons. The molecule has 0 spiro atoms. The standard InChI is InChI=1S/C14H19NO6/c1-14(2,13(18)19)21-10-5-3-9(4-6-10)20-8-7-11(15)12(16)17/h3-6,11H,7-8,15H2,1-2H3,(H,16,17)(H,18,19). The summed E-state index contributed by atoms with van der Waals surface area (Å²) in [6.45, 7) is 3.08. The molecule has 7 nitrogen and oxygen atoms in total. The molecule has 0 aromatic heterocycles. The lowest BCUT2D eigenvalue weighted by Gasteiger charge is -2.21. The number of aliphatic carboxylic acids is 2. The molecule has 0 saturated heterocycles. The highest BCUT2D eigenvalue weighted by atomic mass is 16.5. The van der Waals surface area contributed by atoms with Crippen molar-refractivity contribution in [3.63, 3.8) is 0 Å². The normalized spacial score (nSPS) is 12.5. The molecule has 0 bridgehead atoms. The van der Waals surface area contributed by atoms with Gasteiger partial charge in [0, 0.05) is 6.42 Å². The smallest absolute Gasteiger partial charge is 0.347 e. The molecule has 0 radical (unpaired) electrons. The van der Waals surface area contributed by atoms with E-state index in [0.29, 0.717) is 11.5 Å². The maximum atomic E-state index is 10.9. The summed E-state index contributed by atoms with van der Waals surface area (Å²) in [7, 11) is 0. The third-order valence-electron chi connectivity index (χ3n) is 2.73. The van der Waals surface area contributed by atoms with E-state index in [2.05, 4.69) is 0 Å². The predicted octanol–water partition coefficient (Wildman–Crippen LogP) is 1.11. The second-order valence-corrected chi connectivity index (χ2v) is 4.97. The number of rotatable bonds is 8. The molecule has 0 heterocycles. The monoisotopic (exact) mass is 297 g/mol. The lowest BCUT2D eigenvalue weighted by atomic mass is 10.1. The zero-order valence-electron chi connectivity index (χ0n) is 11.9. The van der Waals surface area contributed by atoms with Crippen LogP contribution >= 0.6 is 0 Å². The van der Waals surface area contributed by atoms with E-state index in [9.17, 15) is 9.59 Å². The van der Waals surface area contributed by atoms with E-state index in [-0.39, 0.29) is 13.0 Å². The SMILES string of the molecule is CC(C)(Oc1ccc(OCCC(N)C(=O)O)cc1)C(=O)O. The minimum Gasteiger partial charge on any atom is -0.494 e. The van der Waals surface area contributed by atoms with Crippen molar-refractivity contribution < 1.29 is 29.3 Å². The molecule has 1 atom stereocenters. The van der Waals surface area contributed by atoms with Crippen molar-refractivity contribution in [3.05, 3.63) is 24.3 Å². The number of carbonyl (C=O) groups is 2. The number of hydrogen-bond acceptors (Lipinski definition) is 5. The first-order valence-corrected chi connectivity index (χ1v) is 6.36. The van der Waals surface area contributed by atoms with Crippen molar-refractivity contribution in [3.8, 4) is 11.5 Å². The van der Waals surface area contributed by atoms with Gasteiger partial charge in [-0.15, -0.1) is 0 Å². The van der Waals surface area contributed by atoms with Gasteiger partial charge in [-0.25, -0.2) is 4.79 Å². The van der Waals surface area contributed by atoms with Crippen molar-refractivity contribution in [1.82, 2.24) is 0 Å². The van der Waals surface area contributed by atoms with Gasteiger partial charge >= 0.3 is 11.9 Å². The summed E-state index contributed by atoms with van der Waals surface area (Å²) in [6, 6.07) is 5.43. The molecule has 0 aliphatic heterocycles. The first-order valence-electron chi connectivity index (χ1n) is 6.36. The minimum absolute atomic E-state index is 0.175. The van der Waals surface area contributed by atoms with Crippen molar-refractivity contribution in [2.45, 2.75) is 31.9 Å². The highest BCUT2D eigenvalue weighted by Crippen LogP contribution is 2.22. The maximum absolute atomic E-state index is 10.9. The Kier molecular flexibility index (Phi) is 5.54. The lowest BCUT2D eigenvalue weighted by Crippen LogP contribution is -2.37. The third kappa shape index (κ3) is 5.31. The van der Waals surface area contributed by atoms with Crippen LogP contribution in [0.1, 0.15) is 20.3 Å². The Morgan fingerprint density at radius 2 is 1.71 bits per heavy atom. The molecule has 0 fully saturated rings. The fraction of sp³-hybridized carbons (Fsp3) is 0.429. The number of carboxylic acid groups (broad SMARTS) is 2. The van der Waals surface area contributed by atoms with Crippen LogP contribution < -0.4 is 15.2 Å². The fourth-order valence-corrected chi connectivity index (χ4v) is 1.37. The summed E-state index contributed by atoms with van der Waals surface area (Å²) < 4.78 is 10.7. The average Bonchev–Trinajstić information content (AvgIpc) is 2.40. The van der Waals surface area contributed by atoms with E-state index in [1.807, 2.05) is 0 Å². The Balaban J connectivity index is 2.51. The van der Waals surface area contributed by atoms with Crippen molar-refractivity contribution in [1.29, 1.82) is 0 Å². The molecule has 1 unspecified atom stereocenters. The van der Waals surface area contributed by atoms with E-state index in [4.69, 9.17) is 25.4 Å². The van der Waals surface area contributed by atoms with Gasteiger partial charge in [0.05, 0.1) is 6.61 Å². The molecular formula is C14H19NO6. The summed E-state index contributed by atoms with van der Waals surface area (Å²) in [5.41, 5.74) is 4.02. The van der Waals surface area contributed by atoms with Crippen LogP contribution in [0.5, 0.6) is 11.5 Å². The van der Waals surface area contributed by atoms with Crippen molar-refractivity contribution >= 4 is 11.9 Å². The quantitative estimate of drug-likeness (QED) is 0.657. The summed E-state index contributed by atoms with van der Waals surface area (Å²) in [5.74, 6) is -1.21. The zero-order chi connectivity index (χ0) is 16.0. The molecule has 4 N–H and O–H groups in total. The van der Waals surface area contributed by atoms with Crippen LogP contribution in [-0.4, -0.2) is 40.4 Å². The molecule has 0 saturated carbocycles. The Labute approximate surface area is 122 Å². The van der Waals surface area contributed by atoms with Gasteiger partial charge < -0.3 is 25.4 Å². The van der Waals surface area contributed by atoms with Crippen LogP contribution in [0.25, 0.3) is 0 Å². The molecule has 1 aromatic carbocycles. The van der Waals surface area contributed by atoms with Crippen LogP contribution in [0.4, 0.5) is 0 Å². The van der Waals surface area contributed by atoms with Gasteiger partial charge in [0.15, 0.2) is 5.60 Å². The van der Waals surface area contributed by atoms with Crippen LogP contribution in [0.15, 0.2) is 24.3 Å². The van der Waals surface area contributed by atoms with Gasteiger partial charge in [0.2, 0.25) is 0 Å². The molecule has 1 rings (SSSR count). The van der Waals surface area contributed by atoms with E-state index >= 15 is 0 Å². The number of hydrogen-bond donors (Lipinski definition) is 3. The second kappa shape index (κ2) is 6.94. The summed E-state index contributed by atoms with van der Waals surface area (Å²) in [6.07, 6.45) is 0.194. The van der Waals surface area contributed by atoms with Crippen molar-refractivity contribution in [2.75, 3.05) is 6.61 Å². The second-order valence-electron chi connectivity index (χ2n) is 4.97. The highest BCUT2D eigenvalue weighted by Gasteiger charge is 2.29. The molecule has 0 aliphatic rings. The largest absolute Gasteiger partial charge is 0.494 e. The van der Waals surface area contributed by atoms with Crippen molar-refractivity contribution in [2.24, 2.45) is 5.73 Å². The van der Waals surface area contributed by atoms with Gasteiger partial charge in [-0.05, 0) is 38.1 Å². The molecule has 0 amide bonds. The number of benzene rings is 1. The summed E-state index contributed by atoms with van der Waals surface area (Å²) in [5, 5.41) is 17.6.